The highest BCUT2D eigenvalue weighted by Gasteiger charge is 2.22. The van der Waals surface area contributed by atoms with Crippen molar-refractivity contribution in [2.24, 2.45) is 0 Å². The minimum absolute atomic E-state index is 0.0154. The van der Waals surface area contributed by atoms with Crippen LogP contribution in [-0.2, 0) is 9.84 Å². The molecule has 0 spiro atoms. The van der Waals surface area contributed by atoms with Crippen LogP contribution in [0.5, 0.6) is 0 Å². The number of sulfone groups is 1. The molecule has 2 aromatic rings. The van der Waals surface area contributed by atoms with Crippen molar-refractivity contribution in [3.05, 3.63) is 65.7 Å². The molecule has 0 saturated carbocycles. The van der Waals surface area contributed by atoms with E-state index in [4.69, 9.17) is 0 Å². The van der Waals surface area contributed by atoms with Crippen LogP contribution in [0.2, 0.25) is 0 Å². The van der Waals surface area contributed by atoms with Crippen LogP contribution in [0, 0.1) is 0 Å². The van der Waals surface area contributed by atoms with Gasteiger partial charge in [0.1, 0.15) is 0 Å². The second kappa shape index (κ2) is 7.07. The van der Waals surface area contributed by atoms with Crippen molar-refractivity contribution in [2.75, 3.05) is 17.8 Å². The summed E-state index contributed by atoms with van der Waals surface area (Å²) < 4.78 is 23.7. The minimum atomic E-state index is -3.20. The summed E-state index contributed by atoms with van der Waals surface area (Å²) in [7, 11) is -3.20. The van der Waals surface area contributed by atoms with Gasteiger partial charge in [-0.3, -0.25) is 0 Å². The largest absolute Gasteiger partial charge is 0.303 e. The number of hydrogen-bond donors (Lipinski definition) is 1. The molecule has 1 aliphatic heterocycles. The highest BCUT2D eigenvalue weighted by atomic mass is 32.2. The first-order valence-electron chi connectivity index (χ1n) is 7.73. The van der Waals surface area contributed by atoms with Crippen LogP contribution in [0.25, 0.3) is 0 Å². The van der Waals surface area contributed by atoms with Gasteiger partial charge >= 0.3 is 0 Å². The Hall–Kier alpha value is -1.30. The summed E-state index contributed by atoms with van der Waals surface area (Å²) in [5.74, 6) is 2.29. The van der Waals surface area contributed by atoms with Gasteiger partial charge in [-0.25, -0.2) is 8.42 Å². The van der Waals surface area contributed by atoms with Crippen molar-refractivity contribution in [1.29, 1.82) is 0 Å². The lowest BCUT2D eigenvalue weighted by Crippen LogP contribution is -2.33. The van der Waals surface area contributed by atoms with E-state index in [0.717, 1.165) is 23.3 Å². The molecule has 0 unspecified atom stereocenters. The lowest BCUT2D eigenvalue weighted by Gasteiger charge is -2.24. The molecule has 1 saturated heterocycles. The topological polar surface area (TPSA) is 46.2 Å². The van der Waals surface area contributed by atoms with Gasteiger partial charge in [-0.1, -0.05) is 42.5 Å². The fraction of sp³-hybridized carbons (Fsp3) is 0.333. The molecule has 1 fully saturated rings. The molecule has 0 radical (unpaired) electrons. The molecule has 3 rings (SSSR count). The van der Waals surface area contributed by atoms with Crippen molar-refractivity contribution in [3.8, 4) is 0 Å². The van der Waals surface area contributed by atoms with E-state index in [2.05, 4.69) is 17.4 Å². The molecule has 1 aliphatic rings. The van der Waals surface area contributed by atoms with Crippen LogP contribution in [-0.4, -0.2) is 32.2 Å². The monoisotopic (exact) mass is 347 g/mol. The second-order valence-electron chi connectivity index (χ2n) is 5.92. The number of rotatable bonds is 5. The van der Waals surface area contributed by atoms with Gasteiger partial charge in [0.2, 0.25) is 0 Å². The minimum Gasteiger partial charge on any atom is -0.303 e. The second-order valence-corrected chi connectivity index (χ2v) is 9.08. The highest BCUT2D eigenvalue weighted by molar-refractivity contribution is 7.99. The SMILES string of the molecule is CS(=O)(=O)c1cccc([C@@H](N[C@H]2CCSC2)c2ccccc2)c1. The molecule has 1 heterocycles. The number of thioether (sulfide) groups is 1. The molecular weight excluding hydrogens is 326 g/mol. The fourth-order valence-electron chi connectivity index (χ4n) is 2.86. The van der Waals surface area contributed by atoms with Crippen LogP contribution >= 0.6 is 11.8 Å². The van der Waals surface area contributed by atoms with Crippen LogP contribution in [0.1, 0.15) is 23.6 Å². The zero-order chi connectivity index (χ0) is 16.3. The molecule has 3 nitrogen and oxygen atoms in total. The van der Waals surface area contributed by atoms with Crippen molar-refractivity contribution < 1.29 is 8.42 Å². The predicted octanol–water partition coefficient (Wildman–Crippen LogP) is 3.27. The molecule has 5 heteroatoms. The van der Waals surface area contributed by atoms with Gasteiger partial charge in [0.15, 0.2) is 9.84 Å². The Morgan fingerprint density at radius 1 is 1.09 bits per heavy atom. The van der Waals surface area contributed by atoms with E-state index in [-0.39, 0.29) is 6.04 Å². The van der Waals surface area contributed by atoms with Crippen LogP contribution in [0.4, 0.5) is 0 Å². The Labute approximate surface area is 142 Å². The molecule has 0 aliphatic carbocycles. The predicted molar refractivity (Wildman–Crippen MR) is 96.7 cm³/mol. The first-order chi connectivity index (χ1) is 11.0. The first kappa shape index (κ1) is 16.6. The Morgan fingerprint density at radius 2 is 1.83 bits per heavy atom. The smallest absolute Gasteiger partial charge is 0.175 e. The molecule has 122 valence electrons. The van der Waals surface area contributed by atoms with Gasteiger partial charge in [0.05, 0.1) is 10.9 Å². The lowest BCUT2D eigenvalue weighted by atomic mass is 9.97. The summed E-state index contributed by atoms with van der Waals surface area (Å²) in [5.41, 5.74) is 2.16. The lowest BCUT2D eigenvalue weighted by molar-refractivity contribution is 0.505. The molecule has 2 aromatic carbocycles. The summed E-state index contributed by atoms with van der Waals surface area (Å²) in [6.07, 6.45) is 2.41. The van der Waals surface area contributed by atoms with Crippen molar-refractivity contribution >= 4 is 21.6 Å². The molecule has 1 N–H and O–H groups in total. The van der Waals surface area contributed by atoms with Crippen molar-refractivity contribution in [3.63, 3.8) is 0 Å². The summed E-state index contributed by atoms with van der Waals surface area (Å²) in [6, 6.07) is 18.0. The van der Waals surface area contributed by atoms with Gasteiger partial charge in [-0.05, 0) is 35.4 Å². The Bertz CT molecular complexity index is 754. The average molecular weight is 348 g/mol. The van der Waals surface area contributed by atoms with E-state index in [1.165, 1.54) is 12.0 Å². The maximum Gasteiger partial charge on any atom is 0.175 e. The Balaban J connectivity index is 1.97. The first-order valence-corrected chi connectivity index (χ1v) is 10.8. The molecule has 0 amide bonds. The molecule has 0 aromatic heterocycles. The van der Waals surface area contributed by atoms with Gasteiger partial charge < -0.3 is 5.32 Å². The van der Waals surface area contributed by atoms with Crippen LogP contribution in [0.15, 0.2) is 59.5 Å². The van der Waals surface area contributed by atoms with Gasteiger partial charge in [-0.15, -0.1) is 0 Å². The average Bonchev–Trinajstić information content (AvgIpc) is 3.06. The van der Waals surface area contributed by atoms with E-state index in [0.29, 0.717) is 10.9 Å². The Morgan fingerprint density at radius 3 is 2.48 bits per heavy atom. The third-order valence-corrected chi connectivity index (χ3v) is 6.36. The fourth-order valence-corrected chi connectivity index (χ4v) is 4.70. The number of benzene rings is 2. The standard InChI is InChI=1S/C18H21NO2S2/c1-23(20,21)17-9-5-8-15(12-17)18(14-6-3-2-4-7-14)19-16-10-11-22-13-16/h2-9,12,16,18-19H,10-11,13H2,1H3/t16-,18-/m0/s1. The summed E-state index contributed by atoms with van der Waals surface area (Å²) in [6.45, 7) is 0. The summed E-state index contributed by atoms with van der Waals surface area (Å²) in [4.78, 5) is 0.374. The highest BCUT2D eigenvalue weighted by Crippen LogP contribution is 2.27. The zero-order valence-electron chi connectivity index (χ0n) is 13.1. The van der Waals surface area contributed by atoms with Crippen LogP contribution < -0.4 is 5.32 Å². The summed E-state index contributed by atoms with van der Waals surface area (Å²) >= 11 is 1.96. The zero-order valence-corrected chi connectivity index (χ0v) is 14.7. The van der Waals surface area contributed by atoms with Gasteiger partial charge in [0, 0.05) is 18.1 Å². The van der Waals surface area contributed by atoms with E-state index in [1.54, 1.807) is 12.1 Å². The van der Waals surface area contributed by atoms with E-state index >= 15 is 0 Å². The van der Waals surface area contributed by atoms with E-state index in [1.807, 2.05) is 42.1 Å². The maximum absolute atomic E-state index is 11.9. The number of hydrogen-bond acceptors (Lipinski definition) is 4. The summed E-state index contributed by atoms with van der Waals surface area (Å²) in [5, 5.41) is 3.71. The quantitative estimate of drug-likeness (QED) is 0.902. The normalized spacial score (nSPS) is 19.6. The molecule has 23 heavy (non-hydrogen) atoms. The van der Waals surface area contributed by atoms with Gasteiger partial charge in [-0.2, -0.15) is 11.8 Å². The van der Waals surface area contributed by atoms with Crippen molar-refractivity contribution in [2.45, 2.75) is 23.4 Å². The van der Waals surface area contributed by atoms with Crippen LogP contribution in [0.3, 0.4) is 0 Å². The third kappa shape index (κ3) is 4.16. The molecule has 2 atom stereocenters. The van der Waals surface area contributed by atoms with E-state index in [9.17, 15) is 8.42 Å². The van der Waals surface area contributed by atoms with Crippen molar-refractivity contribution in [1.82, 2.24) is 5.32 Å². The molecule has 0 bridgehead atoms. The maximum atomic E-state index is 11.9. The number of nitrogens with one attached hydrogen (secondary N) is 1. The van der Waals surface area contributed by atoms with E-state index < -0.39 is 9.84 Å². The van der Waals surface area contributed by atoms with Gasteiger partial charge in [0.25, 0.3) is 0 Å². The Kier molecular flexibility index (Phi) is 5.09. The third-order valence-electron chi connectivity index (χ3n) is 4.08. The molecular formula is C18H21NO2S2.